The Hall–Kier alpha value is -1.03. The van der Waals surface area contributed by atoms with E-state index in [1.54, 1.807) is 11.3 Å². The summed E-state index contributed by atoms with van der Waals surface area (Å²) >= 11 is 1.70. The van der Waals surface area contributed by atoms with Gasteiger partial charge in [-0.1, -0.05) is 6.07 Å². The van der Waals surface area contributed by atoms with Crippen LogP contribution in [0, 0.1) is 0 Å². The summed E-state index contributed by atoms with van der Waals surface area (Å²) in [6, 6.07) is 4.36. The van der Waals surface area contributed by atoms with Crippen molar-refractivity contribution in [2.75, 3.05) is 13.1 Å². The Morgan fingerprint density at radius 2 is 2.54 bits per heavy atom. The lowest BCUT2D eigenvalue weighted by molar-refractivity contribution is 0.203. The molecule has 4 heteroatoms. The summed E-state index contributed by atoms with van der Waals surface area (Å²) in [7, 11) is 0. The van der Waals surface area contributed by atoms with Crippen LogP contribution in [-0.2, 0) is 0 Å². The third-order valence-electron chi connectivity index (χ3n) is 2.31. The second-order valence-electron chi connectivity index (χ2n) is 3.12. The van der Waals surface area contributed by atoms with Gasteiger partial charge in [-0.3, -0.25) is 0 Å². The number of carbonyl (C=O) groups is 1. The summed E-state index contributed by atoms with van der Waals surface area (Å²) in [5.74, 6) is 0. The maximum atomic E-state index is 11.3. The zero-order valence-electron chi connectivity index (χ0n) is 7.49. The van der Waals surface area contributed by atoms with Crippen LogP contribution < -0.4 is 5.32 Å². The third kappa shape index (κ3) is 1.54. The Morgan fingerprint density at radius 1 is 1.69 bits per heavy atom. The number of amides is 2. The molecule has 0 bridgehead atoms. The van der Waals surface area contributed by atoms with Gasteiger partial charge < -0.3 is 10.2 Å². The van der Waals surface area contributed by atoms with Gasteiger partial charge in [-0.05, 0) is 18.4 Å². The fourth-order valence-electron chi connectivity index (χ4n) is 1.54. The van der Waals surface area contributed by atoms with E-state index < -0.39 is 0 Å². The Kier molecular flexibility index (Phi) is 2.22. The van der Waals surface area contributed by atoms with E-state index in [0.717, 1.165) is 13.1 Å². The maximum absolute atomic E-state index is 11.3. The largest absolute Gasteiger partial charge is 0.336 e. The van der Waals surface area contributed by atoms with Crippen LogP contribution in [0.25, 0.3) is 0 Å². The van der Waals surface area contributed by atoms with Crippen molar-refractivity contribution in [1.82, 2.24) is 10.2 Å². The molecule has 1 aromatic rings. The highest BCUT2D eigenvalue weighted by Gasteiger charge is 2.25. The molecule has 2 amide bonds. The maximum Gasteiger partial charge on any atom is 0.318 e. The lowest BCUT2D eigenvalue weighted by Crippen LogP contribution is -2.30. The molecule has 1 aliphatic rings. The first-order chi connectivity index (χ1) is 6.29. The highest BCUT2D eigenvalue weighted by molar-refractivity contribution is 7.10. The van der Waals surface area contributed by atoms with Gasteiger partial charge in [0, 0.05) is 18.0 Å². The van der Waals surface area contributed by atoms with E-state index in [2.05, 4.69) is 18.3 Å². The Morgan fingerprint density at radius 3 is 3.08 bits per heavy atom. The van der Waals surface area contributed by atoms with Gasteiger partial charge in [0.25, 0.3) is 0 Å². The minimum absolute atomic E-state index is 0.0564. The third-order valence-corrected chi connectivity index (χ3v) is 3.35. The van der Waals surface area contributed by atoms with Gasteiger partial charge in [0.1, 0.15) is 0 Å². The standard InChI is InChI=1S/C9H12N2OS/c1-7(8-3-2-6-13-8)11-5-4-10-9(11)12/h2-3,6-7H,4-5H2,1H3,(H,10,12). The number of thiophene rings is 1. The van der Waals surface area contributed by atoms with Gasteiger partial charge in [-0.15, -0.1) is 11.3 Å². The number of nitrogens with one attached hydrogen (secondary N) is 1. The highest BCUT2D eigenvalue weighted by Crippen LogP contribution is 2.25. The van der Waals surface area contributed by atoms with Gasteiger partial charge in [-0.25, -0.2) is 4.79 Å². The molecule has 0 saturated carbocycles. The highest BCUT2D eigenvalue weighted by atomic mass is 32.1. The smallest absolute Gasteiger partial charge is 0.318 e. The molecular weight excluding hydrogens is 184 g/mol. The van der Waals surface area contributed by atoms with E-state index in [1.165, 1.54) is 4.88 Å². The minimum atomic E-state index is 0.0564. The topological polar surface area (TPSA) is 32.3 Å². The predicted molar refractivity (Wildman–Crippen MR) is 52.8 cm³/mol. The molecule has 70 valence electrons. The van der Waals surface area contributed by atoms with Crippen molar-refractivity contribution in [1.29, 1.82) is 0 Å². The molecule has 0 aliphatic carbocycles. The summed E-state index contributed by atoms with van der Waals surface area (Å²) < 4.78 is 0. The van der Waals surface area contributed by atoms with Crippen molar-refractivity contribution in [3.63, 3.8) is 0 Å². The molecule has 1 atom stereocenters. The van der Waals surface area contributed by atoms with Gasteiger partial charge in [0.2, 0.25) is 0 Å². The molecule has 0 aromatic carbocycles. The average Bonchev–Trinajstić information content (AvgIpc) is 2.72. The van der Waals surface area contributed by atoms with E-state index in [-0.39, 0.29) is 12.1 Å². The molecule has 2 rings (SSSR count). The molecule has 1 aromatic heterocycles. The van der Waals surface area contributed by atoms with Gasteiger partial charge in [0.05, 0.1) is 6.04 Å². The van der Waals surface area contributed by atoms with Crippen LogP contribution in [0.4, 0.5) is 4.79 Å². The van der Waals surface area contributed by atoms with Gasteiger partial charge in [-0.2, -0.15) is 0 Å². The van der Waals surface area contributed by atoms with Crippen molar-refractivity contribution < 1.29 is 4.79 Å². The predicted octanol–water partition coefficient (Wildman–Crippen LogP) is 1.83. The molecule has 13 heavy (non-hydrogen) atoms. The number of hydrogen-bond donors (Lipinski definition) is 1. The molecule has 1 saturated heterocycles. The van der Waals surface area contributed by atoms with Crippen LogP contribution in [0.1, 0.15) is 17.8 Å². The fraction of sp³-hybridized carbons (Fsp3) is 0.444. The van der Waals surface area contributed by atoms with Crippen LogP contribution in [-0.4, -0.2) is 24.0 Å². The van der Waals surface area contributed by atoms with Crippen LogP contribution in [0.3, 0.4) is 0 Å². The first kappa shape index (κ1) is 8.56. The monoisotopic (exact) mass is 196 g/mol. The molecule has 3 nitrogen and oxygen atoms in total. The van der Waals surface area contributed by atoms with E-state index in [4.69, 9.17) is 0 Å². The number of carbonyl (C=O) groups excluding carboxylic acids is 1. The molecule has 1 unspecified atom stereocenters. The lowest BCUT2D eigenvalue weighted by Gasteiger charge is -2.21. The average molecular weight is 196 g/mol. The number of nitrogens with zero attached hydrogens (tertiary/aromatic N) is 1. The van der Waals surface area contributed by atoms with Crippen molar-refractivity contribution in [2.45, 2.75) is 13.0 Å². The van der Waals surface area contributed by atoms with E-state index >= 15 is 0 Å². The van der Waals surface area contributed by atoms with Crippen LogP contribution in [0.5, 0.6) is 0 Å². The van der Waals surface area contributed by atoms with Crippen LogP contribution >= 0.6 is 11.3 Å². The van der Waals surface area contributed by atoms with Crippen molar-refractivity contribution in [3.05, 3.63) is 22.4 Å². The molecular formula is C9H12N2OS. The molecule has 2 heterocycles. The second kappa shape index (κ2) is 3.38. The summed E-state index contributed by atoms with van der Waals surface area (Å²) in [4.78, 5) is 14.4. The van der Waals surface area contributed by atoms with Gasteiger partial charge in [0.15, 0.2) is 0 Å². The quantitative estimate of drug-likeness (QED) is 0.769. The minimum Gasteiger partial charge on any atom is -0.336 e. The van der Waals surface area contributed by atoms with Crippen molar-refractivity contribution in [2.24, 2.45) is 0 Å². The Balaban J connectivity index is 2.13. The number of urea groups is 1. The zero-order chi connectivity index (χ0) is 9.26. The van der Waals surface area contributed by atoms with E-state index in [1.807, 2.05) is 16.3 Å². The first-order valence-electron chi connectivity index (χ1n) is 4.37. The molecule has 0 radical (unpaired) electrons. The van der Waals surface area contributed by atoms with Crippen LogP contribution in [0.2, 0.25) is 0 Å². The summed E-state index contributed by atoms with van der Waals surface area (Å²) in [6.07, 6.45) is 0. The van der Waals surface area contributed by atoms with Gasteiger partial charge >= 0.3 is 6.03 Å². The number of rotatable bonds is 2. The number of hydrogen-bond acceptors (Lipinski definition) is 2. The van der Waals surface area contributed by atoms with Crippen molar-refractivity contribution >= 4 is 17.4 Å². The SMILES string of the molecule is CC(c1cccs1)N1CCNC1=O. The van der Waals surface area contributed by atoms with Crippen LogP contribution in [0.15, 0.2) is 17.5 Å². The van der Waals surface area contributed by atoms with Crippen molar-refractivity contribution in [3.8, 4) is 0 Å². The Labute approximate surface area is 81.4 Å². The van der Waals surface area contributed by atoms with E-state index in [9.17, 15) is 4.79 Å². The Bertz CT molecular complexity index is 297. The molecule has 1 N–H and O–H groups in total. The second-order valence-corrected chi connectivity index (χ2v) is 4.10. The summed E-state index contributed by atoms with van der Waals surface area (Å²) in [5.41, 5.74) is 0. The molecule has 0 spiro atoms. The lowest BCUT2D eigenvalue weighted by atomic mass is 10.2. The summed E-state index contributed by atoms with van der Waals surface area (Å²) in [5, 5.41) is 4.85. The van der Waals surface area contributed by atoms with E-state index in [0.29, 0.717) is 0 Å². The fourth-order valence-corrected chi connectivity index (χ4v) is 2.33. The normalized spacial score (nSPS) is 18.8. The molecule has 1 aliphatic heterocycles. The zero-order valence-corrected chi connectivity index (χ0v) is 8.30. The first-order valence-corrected chi connectivity index (χ1v) is 5.25. The molecule has 1 fully saturated rings. The summed E-state index contributed by atoms with van der Waals surface area (Å²) in [6.45, 7) is 3.66.